The highest BCUT2D eigenvalue weighted by Crippen LogP contribution is 2.32. The molecule has 0 bridgehead atoms. The highest BCUT2D eigenvalue weighted by atomic mass is 32.2. The van der Waals surface area contributed by atoms with Crippen LogP contribution < -0.4 is 5.73 Å². The molecule has 0 saturated heterocycles. The number of hydrogen-bond donors (Lipinski definition) is 1. The molecular weight excluding hydrogens is 286 g/mol. The molecule has 112 valence electrons. The minimum Gasteiger partial charge on any atom is -0.326 e. The first kappa shape index (κ1) is 15.3. The lowest BCUT2D eigenvalue weighted by molar-refractivity contribution is 0.407. The van der Waals surface area contributed by atoms with E-state index in [0.717, 1.165) is 25.0 Å². The molecule has 1 aliphatic rings. The highest BCUT2D eigenvalue weighted by molar-refractivity contribution is 7.89. The van der Waals surface area contributed by atoms with Crippen molar-refractivity contribution in [1.82, 2.24) is 4.31 Å². The molecule has 4 nitrogen and oxygen atoms in total. The molecule has 1 fully saturated rings. The summed E-state index contributed by atoms with van der Waals surface area (Å²) in [4.78, 5) is -0.498. The Morgan fingerprint density at radius 1 is 1.35 bits per heavy atom. The van der Waals surface area contributed by atoms with Gasteiger partial charge < -0.3 is 5.73 Å². The van der Waals surface area contributed by atoms with Gasteiger partial charge in [-0.1, -0.05) is 6.92 Å². The molecule has 20 heavy (non-hydrogen) atoms. The van der Waals surface area contributed by atoms with E-state index in [1.165, 1.54) is 4.31 Å². The van der Waals surface area contributed by atoms with E-state index in [-0.39, 0.29) is 13.1 Å². The zero-order chi connectivity index (χ0) is 14.9. The van der Waals surface area contributed by atoms with Crippen LogP contribution in [0.15, 0.2) is 17.0 Å². The second-order valence-corrected chi connectivity index (χ2v) is 6.85. The van der Waals surface area contributed by atoms with Crippen molar-refractivity contribution in [2.45, 2.75) is 31.2 Å². The van der Waals surface area contributed by atoms with Crippen LogP contribution in [0.5, 0.6) is 0 Å². The first-order valence-corrected chi connectivity index (χ1v) is 8.02. The maximum absolute atomic E-state index is 14.2. The third-order valence-corrected chi connectivity index (χ3v) is 5.44. The highest BCUT2D eigenvalue weighted by Gasteiger charge is 2.33. The van der Waals surface area contributed by atoms with Crippen LogP contribution in [-0.2, 0) is 16.6 Å². The molecule has 0 atom stereocenters. The second kappa shape index (κ2) is 5.75. The van der Waals surface area contributed by atoms with Gasteiger partial charge in [-0.25, -0.2) is 17.2 Å². The topological polar surface area (TPSA) is 63.4 Å². The van der Waals surface area contributed by atoms with E-state index in [0.29, 0.717) is 12.5 Å². The van der Waals surface area contributed by atoms with Gasteiger partial charge in [0.05, 0.1) is 0 Å². The van der Waals surface area contributed by atoms with Crippen molar-refractivity contribution in [3.63, 3.8) is 0 Å². The number of nitrogens with two attached hydrogens (primary N) is 1. The van der Waals surface area contributed by atoms with Crippen molar-refractivity contribution >= 4 is 10.0 Å². The summed E-state index contributed by atoms with van der Waals surface area (Å²) in [6.45, 7) is 1.96. The summed E-state index contributed by atoms with van der Waals surface area (Å²) in [5.74, 6) is -1.56. The number of rotatable bonds is 6. The van der Waals surface area contributed by atoms with Gasteiger partial charge in [0.1, 0.15) is 10.7 Å². The summed E-state index contributed by atoms with van der Waals surface area (Å²) in [5, 5.41) is 0. The fraction of sp³-hybridized carbons (Fsp3) is 0.538. The van der Waals surface area contributed by atoms with Crippen molar-refractivity contribution in [2.24, 2.45) is 11.7 Å². The van der Waals surface area contributed by atoms with Crippen molar-refractivity contribution in [1.29, 1.82) is 0 Å². The molecule has 0 radical (unpaired) electrons. The summed E-state index contributed by atoms with van der Waals surface area (Å²) in [6.07, 6.45) is 1.98. The van der Waals surface area contributed by atoms with E-state index in [4.69, 9.17) is 5.73 Å². The maximum Gasteiger partial charge on any atom is 0.245 e. The zero-order valence-electron chi connectivity index (χ0n) is 11.3. The smallest absolute Gasteiger partial charge is 0.245 e. The molecule has 1 saturated carbocycles. The van der Waals surface area contributed by atoms with E-state index in [1.807, 2.05) is 0 Å². The van der Waals surface area contributed by atoms with Crippen molar-refractivity contribution in [3.8, 4) is 0 Å². The van der Waals surface area contributed by atoms with E-state index < -0.39 is 32.1 Å². The van der Waals surface area contributed by atoms with Crippen LogP contribution in [0.25, 0.3) is 0 Å². The Morgan fingerprint density at radius 3 is 2.50 bits per heavy atom. The standard InChI is InChI=1S/C13H18F2N2O2S/c1-2-17(8-9-3-4-9)20(18,19)12-6-5-11(14)10(7-16)13(12)15/h5-6,9H,2-4,7-8,16H2,1H3. The quantitative estimate of drug-likeness (QED) is 0.872. The number of benzene rings is 1. The lowest BCUT2D eigenvalue weighted by Gasteiger charge is -2.21. The molecule has 0 aromatic heterocycles. The molecule has 2 rings (SSSR count). The Bertz CT molecular complexity index is 601. The van der Waals surface area contributed by atoms with Gasteiger partial charge in [-0.15, -0.1) is 0 Å². The molecule has 2 N–H and O–H groups in total. The first-order valence-electron chi connectivity index (χ1n) is 6.58. The van der Waals surface area contributed by atoms with Gasteiger partial charge in [-0.05, 0) is 30.9 Å². The van der Waals surface area contributed by atoms with Gasteiger partial charge in [0.2, 0.25) is 10.0 Å². The summed E-state index contributed by atoms with van der Waals surface area (Å²) in [5.41, 5.74) is 4.88. The predicted molar refractivity (Wildman–Crippen MR) is 71.4 cm³/mol. The number of hydrogen-bond acceptors (Lipinski definition) is 3. The van der Waals surface area contributed by atoms with Gasteiger partial charge >= 0.3 is 0 Å². The fourth-order valence-corrected chi connectivity index (χ4v) is 3.70. The zero-order valence-corrected chi connectivity index (χ0v) is 12.1. The Kier molecular flexibility index (Phi) is 4.41. The van der Waals surface area contributed by atoms with E-state index >= 15 is 0 Å². The van der Waals surface area contributed by atoms with Gasteiger partial charge in [0.15, 0.2) is 5.82 Å². The molecule has 0 heterocycles. The van der Waals surface area contributed by atoms with Crippen molar-refractivity contribution in [3.05, 3.63) is 29.3 Å². The van der Waals surface area contributed by atoms with E-state index in [9.17, 15) is 17.2 Å². The van der Waals surface area contributed by atoms with Gasteiger partial charge in [0, 0.05) is 25.2 Å². The third-order valence-electron chi connectivity index (χ3n) is 3.48. The van der Waals surface area contributed by atoms with Gasteiger partial charge in [-0.2, -0.15) is 4.31 Å². The summed E-state index contributed by atoms with van der Waals surface area (Å²) < 4.78 is 53.7. The normalized spacial score (nSPS) is 15.8. The summed E-state index contributed by atoms with van der Waals surface area (Å²) in [7, 11) is -3.95. The third kappa shape index (κ3) is 2.84. The molecule has 7 heteroatoms. The number of sulfonamides is 1. The van der Waals surface area contributed by atoms with Crippen LogP contribution >= 0.6 is 0 Å². The monoisotopic (exact) mass is 304 g/mol. The minimum absolute atomic E-state index is 0.258. The molecule has 1 aromatic rings. The van der Waals surface area contributed by atoms with Crippen molar-refractivity contribution < 1.29 is 17.2 Å². The lowest BCUT2D eigenvalue weighted by atomic mass is 10.2. The molecule has 0 aliphatic heterocycles. The van der Waals surface area contributed by atoms with Crippen LogP contribution in [0.4, 0.5) is 8.78 Å². The molecule has 0 unspecified atom stereocenters. The average Bonchev–Trinajstić information content (AvgIpc) is 3.19. The summed E-state index contributed by atoms with van der Waals surface area (Å²) >= 11 is 0. The predicted octanol–water partition coefficient (Wildman–Crippen LogP) is 1.84. The molecule has 0 spiro atoms. The van der Waals surface area contributed by atoms with Crippen LogP contribution in [0.3, 0.4) is 0 Å². The molecular formula is C13H18F2N2O2S. The fourth-order valence-electron chi connectivity index (χ4n) is 2.09. The summed E-state index contributed by atoms with van der Waals surface area (Å²) in [6, 6.07) is 1.91. The Morgan fingerprint density at radius 2 is 2.00 bits per heavy atom. The minimum atomic E-state index is -3.95. The average molecular weight is 304 g/mol. The Hall–Kier alpha value is -1.05. The molecule has 0 amide bonds. The van der Waals surface area contributed by atoms with Gasteiger partial charge in [0.25, 0.3) is 0 Å². The first-order chi connectivity index (χ1) is 9.41. The molecule has 1 aliphatic carbocycles. The van der Waals surface area contributed by atoms with Crippen LogP contribution in [0.2, 0.25) is 0 Å². The number of halogens is 2. The van der Waals surface area contributed by atoms with E-state index in [2.05, 4.69) is 0 Å². The largest absolute Gasteiger partial charge is 0.326 e. The van der Waals surface area contributed by atoms with Crippen LogP contribution in [-0.4, -0.2) is 25.8 Å². The Balaban J connectivity index is 2.42. The van der Waals surface area contributed by atoms with Gasteiger partial charge in [-0.3, -0.25) is 0 Å². The van der Waals surface area contributed by atoms with E-state index in [1.54, 1.807) is 6.92 Å². The SMILES string of the molecule is CCN(CC1CC1)S(=O)(=O)c1ccc(F)c(CN)c1F. The molecule has 1 aromatic carbocycles. The number of nitrogens with zero attached hydrogens (tertiary/aromatic N) is 1. The van der Waals surface area contributed by atoms with Crippen LogP contribution in [0.1, 0.15) is 25.3 Å². The maximum atomic E-state index is 14.2. The Labute approximate surface area is 117 Å². The lowest BCUT2D eigenvalue weighted by Crippen LogP contribution is -2.33. The second-order valence-electron chi connectivity index (χ2n) is 4.94. The van der Waals surface area contributed by atoms with Crippen molar-refractivity contribution in [2.75, 3.05) is 13.1 Å². The van der Waals surface area contributed by atoms with Crippen LogP contribution in [0, 0.1) is 17.6 Å².